The molecule has 1 amide bonds. The summed E-state index contributed by atoms with van der Waals surface area (Å²) in [5, 5.41) is 7.52. The highest BCUT2D eigenvalue weighted by Gasteiger charge is 2.41. The van der Waals surface area contributed by atoms with Crippen molar-refractivity contribution >= 4 is 5.91 Å². The van der Waals surface area contributed by atoms with Gasteiger partial charge in [-0.25, -0.2) is 0 Å². The first kappa shape index (κ1) is 14.3. The summed E-state index contributed by atoms with van der Waals surface area (Å²) in [4.78, 5) is 21.3. The number of likely N-dealkylation sites (tertiary alicyclic amines) is 2. The van der Waals surface area contributed by atoms with Crippen molar-refractivity contribution in [2.75, 3.05) is 26.2 Å². The van der Waals surface area contributed by atoms with E-state index in [-0.39, 0.29) is 5.91 Å². The number of rotatable bonds is 3. The average Bonchev–Trinajstić information content (AvgIpc) is 3.14. The number of hydrogen-bond acceptors (Lipinski definition) is 5. The van der Waals surface area contributed by atoms with E-state index in [1.807, 2.05) is 23.2 Å². The maximum Gasteiger partial charge on any atom is 0.255 e. The molecule has 2 aliphatic heterocycles. The Kier molecular flexibility index (Phi) is 3.75. The lowest BCUT2D eigenvalue weighted by Gasteiger charge is -2.21. The number of fused-ring (bicyclic) bond motifs is 1. The molecule has 0 spiro atoms. The van der Waals surface area contributed by atoms with Gasteiger partial charge in [-0.15, -0.1) is 0 Å². The lowest BCUT2D eigenvalue weighted by molar-refractivity contribution is 0.0772. The summed E-state index contributed by atoms with van der Waals surface area (Å²) in [6, 6.07) is 7.78. The van der Waals surface area contributed by atoms with Crippen molar-refractivity contribution in [1.82, 2.24) is 25.0 Å². The highest BCUT2D eigenvalue weighted by Crippen LogP contribution is 2.32. The van der Waals surface area contributed by atoms with Crippen molar-refractivity contribution < 1.29 is 4.79 Å². The van der Waals surface area contributed by atoms with Crippen molar-refractivity contribution in [3.05, 3.63) is 54.1 Å². The van der Waals surface area contributed by atoms with Crippen molar-refractivity contribution in [3.8, 4) is 0 Å². The number of carbonyl (C=O) groups is 1. The molecule has 0 saturated carbocycles. The molecular weight excluding hydrogens is 290 g/mol. The fourth-order valence-corrected chi connectivity index (χ4v) is 3.71. The smallest absolute Gasteiger partial charge is 0.255 e. The topological polar surface area (TPSA) is 62.2 Å². The van der Waals surface area contributed by atoms with Gasteiger partial charge in [-0.1, -0.05) is 6.07 Å². The van der Waals surface area contributed by atoms with Crippen LogP contribution in [0.15, 0.2) is 42.9 Å². The van der Waals surface area contributed by atoms with Gasteiger partial charge in [0, 0.05) is 38.9 Å². The molecule has 0 aromatic carbocycles. The molecule has 4 rings (SSSR count). The molecular formula is C17H19N5O. The average molecular weight is 309 g/mol. The van der Waals surface area contributed by atoms with E-state index in [1.165, 1.54) is 0 Å². The molecule has 118 valence electrons. The normalized spacial score (nSPS) is 23.9. The van der Waals surface area contributed by atoms with Gasteiger partial charge >= 0.3 is 0 Å². The Hall–Kier alpha value is -2.34. The second-order valence-electron chi connectivity index (χ2n) is 6.38. The van der Waals surface area contributed by atoms with Crippen LogP contribution in [0.1, 0.15) is 16.1 Å². The van der Waals surface area contributed by atoms with E-state index >= 15 is 0 Å². The predicted molar refractivity (Wildman–Crippen MR) is 84.4 cm³/mol. The third kappa shape index (κ3) is 2.94. The van der Waals surface area contributed by atoms with Crippen LogP contribution in [0, 0.1) is 11.8 Å². The maximum absolute atomic E-state index is 12.5. The number of aromatic nitrogens is 3. The zero-order valence-electron chi connectivity index (χ0n) is 12.9. The largest absolute Gasteiger partial charge is 0.338 e. The lowest BCUT2D eigenvalue weighted by Crippen LogP contribution is -2.33. The van der Waals surface area contributed by atoms with Crippen LogP contribution in [0.5, 0.6) is 0 Å². The number of hydrogen-bond donors (Lipinski definition) is 0. The van der Waals surface area contributed by atoms with Crippen molar-refractivity contribution in [2.45, 2.75) is 6.54 Å². The number of carbonyl (C=O) groups excluding carboxylic acids is 1. The summed E-state index contributed by atoms with van der Waals surface area (Å²) in [7, 11) is 0. The van der Waals surface area contributed by atoms with E-state index in [1.54, 1.807) is 18.5 Å². The van der Waals surface area contributed by atoms with Crippen LogP contribution in [0.2, 0.25) is 0 Å². The fourth-order valence-electron chi connectivity index (χ4n) is 3.71. The summed E-state index contributed by atoms with van der Waals surface area (Å²) in [6.07, 6.45) is 4.96. The molecule has 2 aromatic rings. The van der Waals surface area contributed by atoms with Crippen LogP contribution in [-0.2, 0) is 6.54 Å². The van der Waals surface area contributed by atoms with E-state index in [9.17, 15) is 4.79 Å². The molecule has 2 saturated heterocycles. The molecule has 2 aliphatic rings. The first-order chi connectivity index (χ1) is 11.3. The Morgan fingerprint density at radius 2 is 1.87 bits per heavy atom. The van der Waals surface area contributed by atoms with Gasteiger partial charge in [0.1, 0.15) is 0 Å². The highest BCUT2D eigenvalue weighted by molar-refractivity contribution is 5.94. The van der Waals surface area contributed by atoms with E-state index in [2.05, 4.69) is 26.1 Å². The minimum absolute atomic E-state index is 0.0746. The zero-order valence-corrected chi connectivity index (χ0v) is 12.9. The predicted octanol–water partition coefficient (Wildman–Crippen LogP) is 1.08. The van der Waals surface area contributed by atoms with Crippen LogP contribution in [-0.4, -0.2) is 57.1 Å². The number of nitrogens with zero attached hydrogens (tertiary/aromatic N) is 5. The minimum Gasteiger partial charge on any atom is -0.338 e. The molecule has 2 atom stereocenters. The maximum atomic E-state index is 12.5. The second kappa shape index (κ2) is 6.04. The molecule has 0 N–H and O–H groups in total. The Bertz CT molecular complexity index is 664. The highest BCUT2D eigenvalue weighted by atomic mass is 16.2. The Morgan fingerprint density at radius 3 is 2.52 bits per heavy atom. The summed E-state index contributed by atoms with van der Waals surface area (Å²) in [5.41, 5.74) is 1.74. The van der Waals surface area contributed by atoms with Gasteiger partial charge in [0.2, 0.25) is 0 Å². The zero-order chi connectivity index (χ0) is 15.6. The molecule has 2 unspecified atom stereocenters. The van der Waals surface area contributed by atoms with Crippen LogP contribution >= 0.6 is 0 Å². The molecule has 23 heavy (non-hydrogen) atoms. The molecule has 0 bridgehead atoms. The van der Waals surface area contributed by atoms with Crippen molar-refractivity contribution in [1.29, 1.82) is 0 Å². The van der Waals surface area contributed by atoms with Gasteiger partial charge in [0.05, 0.1) is 23.7 Å². The lowest BCUT2D eigenvalue weighted by atomic mass is 10.0. The standard InChI is InChI=1S/C17H19N5O/c23-17(13-4-6-19-20-7-13)22-10-14-8-21(9-15(14)11-22)12-16-3-1-2-5-18-16/h1-7,14-15H,8-12H2. The van der Waals surface area contributed by atoms with Gasteiger partial charge in [-0.3, -0.25) is 14.7 Å². The molecule has 2 aromatic heterocycles. The molecule has 2 fully saturated rings. The third-order valence-corrected chi connectivity index (χ3v) is 4.79. The Morgan fingerprint density at radius 1 is 1.04 bits per heavy atom. The van der Waals surface area contributed by atoms with E-state index in [4.69, 9.17) is 0 Å². The monoisotopic (exact) mass is 309 g/mol. The summed E-state index contributed by atoms with van der Waals surface area (Å²) >= 11 is 0. The second-order valence-corrected chi connectivity index (χ2v) is 6.38. The van der Waals surface area contributed by atoms with Gasteiger partial charge in [-0.05, 0) is 30.0 Å². The number of amides is 1. The van der Waals surface area contributed by atoms with Gasteiger partial charge in [-0.2, -0.15) is 10.2 Å². The van der Waals surface area contributed by atoms with E-state index < -0.39 is 0 Å². The summed E-state index contributed by atoms with van der Waals surface area (Å²) in [5.74, 6) is 1.21. The van der Waals surface area contributed by atoms with Crippen LogP contribution < -0.4 is 0 Å². The first-order valence-corrected chi connectivity index (χ1v) is 7.98. The molecule has 0 radical (unpaired) electrons. The van der Waals surface area contributed by atoms with Gasteiger partial charge in [0.25, 0.3) is 5.91 Å². The molecule has 0 aliphatic carbocycles. The minimum atomic E-state index is 0.0746. The van der Waals surface area contributed by atoms with Crippen LogP contribution in [0.4, 0.5) is 0 Å². The van der Waals surface area contributed by atoms with Gasteiger partial charge in [0.15, 0.2) is 0 Å². The van der Waals surface area contributed by atoms with Gasteiger partial charge < -0.3 is 4.90 Å². The fraction of sp³-hybridized carbons (Fsp3) is 0.412. The van der Waals surface area contributed by atoms with Crippen LogP contribution in [0.3, 0.4) is 0 Å². The molecule has 6 heteroatoms. The van der Waals surface area contributed by atoms with Crippen LogP contribution in [0.25, 0.3) is 0 Å². The molecule has 6 nitrogen and oxygen atoms in total. The Balaban J connectivity index is 1.36. The summed E-state index contributed by atoms with van der Waals surface area (Å²) < 4.78 is 0. The Labute approximate surface area is 135 Å². The first-order valence-electron chi connectivity index (χ1n) is 7.98. The van der Waals surface area contributed by atoms with E-state index in [0.29, 0.717) is 17.4 Å². The summed E-state index contributed by atoms with van der Waals surface area (Å²) in [6.45, 7) is 4.66. The third-order valence-electron chi connectivity index (χ3n) is 4.79. The molecule has 4 heterocycles. The van der Waals surface area contributed by atoms with Crippen molar-refractivity contribution in [3.63, 3.8) is 0 Å². The van der Waals surface area contributed by atoms with E-state index in [0.717, 1.165) is 38.4 Å². The van der Waals surface area contributed by atoms with Crippen molar-refractivity contribution in [2.24, 2.45) is 11.8 Å². The number of pyridine rings is 1. The quantitative estimate of drug-likeness (QED) is 0.849. The SMILES string of the molecule is O=C(c1ccnnc1)N1CC2CN(Cc3ccccn3)CC2C1.